The van der Waals surface area contributed by atoms with Gasteiger partial charge >= 0.3 is 0 Å². The smallest absolute Gasteiger partial charge is 0.273 e. The maximum atomic E-state index is 13.6. The molecule has 7 heteroatoms. The Kier molecular flexibility index (Phi) is 5.91. The first-order valence-electron chi connectivity index (χ1n) is 12.2. The zero-order chi connectivity index (χ0) is 24.5. The third-order valence-electron chi connectivity index (χ3n) is 6.87. The van der Waals surface area contributed by atoms with E-state index in [4.69, 9.17) is 9.47 Å². The predicted octanol–water partition coefficient (Wildman–Crippen LogP) is 5.09. The van der Waals surface area contributed by atoms with E-state index < -0.39 is 0 Å². The minimum absolute atomic E-state index is 0.000457. The minimum Gasteiger partial charge on any atom is -0.507 e. The molecule has 0 bridgehead atoms. The summed E-state index contributed by atoms with van der Waals surface area (Å²) in [7, 11) is 0. The number of phenolic OH excluding ortho intramolecular Hbond substituents is 1. The quantitative estimate of drug-likeness (QED) is 0.384. The molecule has 3 heterocycles. The van der Waals surface area contributed by atoms with Crippen LogP contribution in [0.4, 0.5) is 0 Å². The number of rotatable bonds is 7. The molecule has 2 aliphatic rings. The number of benzene rings is 3. The lowest BCUT2D eigenvalue weighted by atomic mass is 9.95. The molecule has 36 heavy (non-hydrogen) atoms. The number of hydrogen-bond donors (Lipinski definition) is 2. The first kappa shape index (κ1) is 22.4. The van der Waals surface area contributed by atoms with Crippen molar-refractivity contribution in [1.82, 2.24) is 15.1 Å². The van der Waals surface area contributed by atoms with Gasteiger partial charge in [-0.05, 0) is 48.2 Å². The van der Waals surface area contributed by atoms with Crippen molar-refractivity contribution in [3.8, 4) is 22.8 Å². The van der Waals surface area contributed by atoms with Gasteiger partial charge in [-0.3, -0.25) is 9.89 Å². The number of aromatic hydroxyl groups is 1. The highest BCUT2D eigenvalue weighted by Crippen LogP contribution is 2.45. The summed E-state index contributed by atoms with van der Waals surface area (Å²) < 4.78 is 12.0. The largest absolute Gasteiger partial charge is 0.507 e. The van der Waals surface area contributed by atoms with Crippen LogP contribution < -0.4 is 4.74 Å². The molecular weight excluding hydrogens is 454 g/mol. The SMILES string of the molecule is O=C1c2[nH]nc(-c3ccccc3O)c2C(c2cccc(OCc3ccccc3)c2)N1CC1CCCO1. The summed E-state index contributed by atoms with van der Waals surface area (Å²) in [5.41, 5.74) is 4.38. The van der Waals surface area contributed by atoms with Crippen molar-refractivity contribution in [1.29, 1.82) is 0 Å². The zero-order valence-corrected chi connectivity index (χ0v) is 19.8. The summed E-state index contributed by atoms with van der Waals surface area (Å²) in [4.78, 5) is 15.5. The van der Waals surface area contributed by atoms with Crippen LogP contribution in [0, 0.1) is 0 Å². The van der Waals surface area contributed by atoms with Gasteiger partial charge in [0.15, 0.2) is 0 Å². The molecule has 1 fully saturated rings. The molecule has 2 unspecified atom stereocenters. The molecule has 0 saturated carbocycles. The number of amides is 1. The minimum atomic E-state index is -0.384. The van der Waals surface area contributed by atoms with E-state index in [-0.39, 0.29) is 23.8 Å². The molecular formula is C29H27N3O4. The maximum absolute atomic E-state index is 13.6. The highest BCUT2D eigenvalue weighted by Gasteiger charge is 2.43. The topological polar surface area (TPSA) is 87.7 Å². The van der Waals surface area contributed by atoms with Gasteiger partial charge < -0.3 is 19.5 Å². The van der Waals surface area contributed by atoms with Gasteiger partial charge in [-0.15, -0.1) is 0 Å². The Labute approximate surface area is 209 Å². The van der Waals surface area contributed by atoms with Crippen molar-refractivity contribution in [2.45, 2.75) is 31.6 Å². The Hall–Kier alpha value is -4.10. The molecule has 1 amide bonds. The molecule has 0 aliphatic carbocycles. The molecule has 182 valence electrons. The van der Waals surface area contributed by atoms with Gasteiger partial charge in [0.1, 0.15) is 29.5 Å². The third-order valence-corrected chi connectivity index (χ3v) is 6.87. The molecule has 1 aromatic heterocycles. The fourth-order valence-electron chi connectivity index (χ4n) is 5.13. The van der Waals surface area contributed by atoms with E-state index in [1.807, 2.05) is 71.6 Å². The van der Waals surface area contributed by atoms with Crippen LogP contribution in [0.15, 0.2) is 78.9 Å². The number of carbonyl (C=O) groups is 1. The van der Waals surface area contributed by atoms with E-state index in [1.54, 1.807) is 12.1 Å². The standard InChI is InChI=1S/C29H27N3O4/c33-24-14-5-4-13-23(24)26-25-27(31-30-26)29(34)32(17-22-12-7-15-35-22)28(25)20-10-6-11-21(16-20)36-18-19-8-2-1-3-9-19/h1-6,8-11,13-14,16,22,28,33H,7,12,15,17-18H2,(H,30,31). The highest BCUT2D eigenvalue weighted by atomic mass is 16.5. The highest BCUT2D eigenvalue weighted by molar-refractivity contribution is 6.00. The monoisotopic (exact) mass is 481 g/mol. The van der Waals surface area contributed by atoms with Gasteiger partial charge in [-0.25, -0.2) is 0 Å². The van der Waals surface area contributed by atoms with Gasteiger partial charge in [0, 0.05) is 24.3 Å². The summed E-state index contributed by atoms with van der Waals surface area (Å²) in [6, 6.07) is 24.6. The van der Waals surface area contributed by atoms with Crippen LogP contribution in [-0.4, -0.2) is 45.4 Å². The van der Waals surface area contributed by atoms with Crippen molar-refractivity contribution in [2.75, 3.05) is 13.2 Å². The number of aromatic nitrogens is 2. The van der Waals surface area contributed by atoms with Gasteiger partial charge in [0.05, 0.1) is 12.1 Å². The maximum Gasteiger partial charge on any atom is 0.273 e. The first-order chi connectivity index (χ1) is 17.7. The number of phenols is 1. The van der Waals surface area contributed by atoms with Crippen molar-refractivity contribution >= 4 is 5.91 Å². The zero-order valence-electron chi connectivity index (χ0n) is 19.8. The van der Waals surface area contributed by atoms with Crippen LogP contribution in [0.25, 0.3) is 11.3 Å². The van der Waals surface area contributed by atoms with E-state index in [0.717, 1.165) is 41.9 Å². The van der Waals surface area contributed by atoms with Gasteiger partial charge in [-0.1, -0.05) is 54.6 Å². The second-order valence-electron chi connectivity index (χ2n) is 9.22. The molecule has 2 atom stereocenters. The van der Waals surface area contributed by atoms with Crippen molar-refractivity contribution in [2.24, 2.45) is 0 Å². The molecule has 0 spiro atoms. The molecule has 7 nitrogen and oxygen atoms in total. The molecule has 2 aliphatic heterocycles. The van der Waals surface area contributed by atoms with Crippen LogP contribution >= 0.6 is 0 Å². The second kappa shape index (κ2) is 9.51. The predicted molar refractivity (Wildman–Crippen MR) is 135 cm³/mol. The van der Waals surface area contributed by atoms with Gasteiger partial charge in [0.25, 0.3) is 5.91 Å². The summed E-state index contributed by atoms with van der Waals surface area (Å²) >= 11 is 0. The normalized spacial score (nSPS) is 19.0. The van der Waals surface area contributed by atoms with E-state index in [2.05, 4.69) is 10.2 Å². The summed E-state index contributed by atoms with van der Waals surface area (Å²) in [5.74, 6) is 0.729. The van der Waals surface area contributed by atoms with Gasteiger partial charge in [0.2, 0.25) is 0 Å². The fraction of sp³-hybridized carbons (Fsp3) is 0.241. The first-order valence-corrected chi connectivity index (χ1v) is 12.2. The van der Waals surface area contributed by atoms with Gasteiger partial charge in [-0.2, -0.15) is 5.10 Å². The van der Waals surface area contributed by atoms with E-state index in [0.29, 0.717) is 30.1 Å². The lowest BCUT2D eigenvalue weighted by molar-refractivity contribution is 0.0495. The number of nitrogens with one attached hydrogen (secondary N) is 1. The van der Waals surface area contributed by atoms with E-state index in [9.17, 15) is 9.90 Å². The number of hydrogen-bond acceptors (Lipinski definition) is 5. The van der Waals surface area contributed by atoms with Crippen molar-refractivity contribution in [3.63, 3.8) is 0 Å². The molecule has 6 rings (SSSR count). The Morgan fingerprint density at radius 1 is 1.06 bits per heavy atom. The number of H-pyrrole nitrogens is 1. The Morgan fingerprint density at radius 3 is 2.69 bits per heavy atom. The van der Waals surface area contributed by atoms with E-state index in [1.165, 1.54) is 0 Å². The van der Waals surface area contributed by atoms with Crippen LogP contribution in [-0.2, 0) is 11.3 Å². The lowest BCUT2D eigenvalue weighted by Crippen LogP contribution is -2.36. The molecule has 3 aromatic carbocycles. The Balaban J connectivity index is 1.39. The molecule has 1 saturated heterocycles. The fourth-order valence-corrected chi connectivity index (χ4v) is 5.13. The van der Waals surface area contributed by atoms with E-state index >= 15 is 0 Å². The number of fused-ring (bicyclic) bond motifs is 1. The van der Waals surface area contributed by atoms with Crippen LogP contribution in [0.2, 0.25) is 0 Å². The molecule has 2 N–H and O–H groups in total. The number of ether oxygens (including phenoxy) is 2. The summed E-state index contributed by atoms with van der Waals surface area (Å²) in [5, 5.41) is 18.0. The number of para-hydroxylation sites is 1. The lowest BCUT2D eigenvalue weighted by Gasteiger charge is -2.28. The number of aromatic amines is 1. The third kappa shape index (κ3) is 4.12. The van der Waals surface area contributed by atoms with Crippen LogP contribution in [0.1, 0.15) is 46.1 Å². The average Bonchev–Trinajstić information content (AvgIpc) is 3.64. The van der Waals surface area contributed by atoms with Crippen molar-refractivity contribution in [3.05, 3.63) is 101 Å². The second-order valence-corrected chi connectivity index (χ2v) is 9.22. The summed E-state index contributed by atoms with van der Waals surface area (Å²) in [6.45, 7) is 1.66. The van der Waals surface area contributed by atoms with Crippen LogP contribution in [0.5, 0.6) is 11.5 Å². The Morgan fingerprint density at radius 2 is 1.89 bits per heavy atom. The van der Waals surface area contributed by atoms with Crippen LogP contribution in [0.3, 0.4) is 0 Å². The van der Waals surface area contributed by atoms with Crippen molar-refractivity contribution < 1.29 is 19.4 Å². The Bertz CT molecular complexity index is 1380. The molecule has 4 aromatic rings. The summed E-state index contributed by atoms with van der Waals surface area (Å²) in [6.07, 6.45) is 1.92. The number of carbonyl (C=O) groups excluding carboxylic acids is 1. The number of nitrogens with zero attached hydrogens (tertiary/aromatic N) is 2. The average molecular weight is 482 g/mol. The molecule has 0 radical (unpaired) electrons.